The highest BCUT2D eigenvalue weighted by atomic mass is 32.2. The second-order valence-electron chi connectivity index (χ2n) is 8.29. The first kappa shape index (κ1) is 23.7. The Hall–Kier alpha value is -3.49. The molecule has 1 aliphatic rings. The normalized spacial score (nSPS) is 14.6. The molecule has 0 bridgehead atoms. The maximum Gasteiger partial charge on any atom is 0.338 e. The largest absolute Gasteiger partial charge is 0.449 e. The Balaban J connectivity index is 1.45. The van der Waals surface area contributed by atoms with Crippen LogP contribution in [0, 0.1) is 6.92 Å². The molecule has 8 heteroatoms. The Labute approximate surface area is 199 Å². The molecule has 1 N–H and O–H groups in total. The van der Waals surface area contributed by atoms with E-state index >= 15 is 0 Å². The van der Waals surface area contributed by atoms with Crippen LogP contribution in [0.15, 0.2) is 77.7 Å². The number of aryl methyl sites for hydroxylation is 1. The van der Waals surface area contributed by atoms with E-state index in [0.29, 0.717) is 18.7 Å². The van der Waals surface area contributed by atoms with Gasteiger partial charge in [-0.25, -0.2) is 13.2 Å². The topological polar surface area (TPSA) is 92.8 Å². The quantitative estimate of drug-likeness (QED) is 0.542. The van der Waals surface area contributed by atoms with Gasteiger partial charge in [0.05, 0.1) is 10.5 Å². The summed E-state index contributed by atoms with van der Waals surface area (Å²) >= 11 is 0. The molecule has 1 unspecified atom stereocenters. The van der Waals surface area contributed by atoms with Crippen LogP contribution in [0.2, 0.25) is 0 Å². The molecular weight excluding hydrogens is 452 g/mol. The third-order valence-corrected chi connectivity index (χ3v) is 7.58. The van der Waals surface area contributed by atoms with Gasteiger partial charge in [-0.3, -0.25) is 4.79 Å². The van der Waals surface area contributed by atoms with E-state index in [4.69, 9.17) is 4.74 Å². The molecule has 34 heavy (non-hydrogen) atoms. The number of carbonyl (C=O) groups is 2. The number of rotatable bonds is 6. The predicted molar refractivity (Wildman–Crippen MR) is 129 cm³/mol. The van der Waals surface area contributed by atoms with Gasteiger partial charge in [-0.05, 0) is 67.3 Å². The number of amides is 1. The summed E-state index contributed by atoms with van der Waals surface area (Å²) in [4.78, 5) is 25.1. The van der Waals surface area contributed by atoms with Gasteiger partial charge in [0.1, 0.15) is 0 Å². The van der Waals surface area contributed by atoms with Crippen molar-refractivity contribution in [2.24, 2.45) is 0 Å². The van der Waals surface area contributed by atoms with Crippen molar-refractivity contribution in [3.05, 3.63) is 95.1 Å². The van der Waals surface area contributed by atoms with Crippen molar-refractivity contribution >= 4 is 27.6 Å². The number of hydrogen-bond donors (Lipinski definition) is 1. The number of ether oxygens (including phenoxy) is 1. The fraction of sp³-hybridized carbons (Fsp3) is 0.231. The first-order valence-electron chi connectivity index (χ1n) is 11.0. The first-order valence-corrected chi connectivity index (χ1v) is 12.4. The van der Waals surface area contributed by atoms with E-state index in [9.17, 15) is 18.0 Å². The number of benzene rings is 3. The summed E-state index contributed by atoms with van der Waals surface area (Å²) in [6.07, 6.45) is -0.433. The first-order chi connectivity index (χ1) is 16.2. The van der Waals surface area contributed by atoms with Gasteiger partial charge < -0.3 is 10.1 Å². The molecule has 1 atom stereocenters. The van der Waals surface area contributed by atoms with Crippen LogP contribution in [0.25, 0.3) is 0 Å². The van der Waals surface area contributed by atoms with E-state index < -0.39 is 28.0 Å². The lowest BCUT2D eigenvalue weighted by molar-refractivity contribution is -0.123. The summed E-state index contributed by atoms with van der Waals surface area (Å²) in [5.74, 6) is -1.25. The van der Waals surface area contributed by atoms with Gasteiger partial charge in [-0.2, -0.15) is 4.31 Å². The average molecular weight is 479 g/mol. The highest BCUT2D eigenvalue weighted by molar-refractivity contribution is 7.89. The molecule has 0 spiro atoms. The zero-order chi connectivity index (χ0) is 24.3. The number of nitrogens with zero attached hydrogens (tertiary/aromatic N) is 1. The Bertz CT molecular complexity index is 1340. The summed E-state index contributed by atoms with van der Waals surface area (Å²) in [6.45, 7) is 4.02. The summed E-state index contributed by atoms with van der Waals surface area (Å²) in [7, 11) is -3.80. The van der Waals surface area contributed by atoms with Crippen LogP contribution in [-0.2, 0) is 32.5 Å². The van der Waals surface area contributed by atoms with Crippen LogP contribution in [0.5, 0.6) is 0 Å². The molecule has 1 amide bonds. The standard InChI is InChI=1S/C26H26N2O5S/c1-18-7-5-11-23(15-18)27-25(29)19(2)33-26(30)21-10-6-12-24(16-21)34(31,32)28-14-13-20-8-3-4-9-22(20)17-28/h3-12,15-16,19H,13-14,17H2,1-2H3,(H,27,29). The molecule has 1 heterocycles. The number of esters is 1. The molecule has 4 rings (SSSR count). The van der Waals surface area contributed by atoms with E-state index in [1.165, 1.54) is 35.5 Å². The van der Waals surface area contributed by atoms with Gasteiger partial charge in [0.2, 0.25) is 10.0 Å². The maximum atomic E-state index is 13.2. The fourth-order valence-electron chi connectivity index (χ4n) is 3.86. The van der Waals surface area contributed by atoms with Crippen molar-refractivity contribution in [2.75, 3.05) is 11.9 Å². The van der Waals surface area contributed by atoms with Crippen LogP contribution >= 0.6 is 0 Å². The summed E-state index contributed by atoms with van der Waals surface area (Å²) in [5, 5.41) is 2.71. The Morgan fingerprint density at radius 3 is 2.47 bits per heavy atom. The van der Waals surface area contributed by atoms with Gasteiger partial charge in [-0.15, -0.1) is 0 Å². The van der Waals surface area contributed by atoms with Gasteiger partial charge >= 0.3 is 5.97 Å². The highest BCUT2D eigenvalue weighted by Gasteiger charge is 2.29. The zero-order valence-electron chi connectivity index (χ0n) is 19.0. The molecular formula is C26H26N2O5S. The van der Waals surface area contributed by atoms with Crippen molar-refractivity contribution in [3.8, 4) is 0 Å². The third kappa shape index (κ3) is 5.18. The number of sulfonamides is 1. The van der Waals surface area contributed by atoms with Crippen LogP contribution in [0.1, 0.15) is 34.0 Å². The minimum absolute atomic E-state index is 0.0122. The van der Waals surface area contributed by atoms with E-state index in [0.717, 1.165) is 16.7 Å². The lowest BCUT2D eigenvalue weighted by atomic mass is 10.0. The van der Waals surface area contributed by atoms with Crippen molar-refractivity contribution in [1.82, 2.24) is 4.31 Å². The van der Waals surface area contributed by atoms with E-state index in [1.807, 2.05) is 43.3 Å². The third-order valence-electron chi connectivity index (χ3n) is 5.74. The Morgan fingerprint density at radius 2 is 1.71 bits per heavy atom. The van der Waals surface area contributed by atoms with E-state index in [2.05, 4.69) is 5.32 Å². The van der Waals surface area contributed by atoms with Crippen LogP contribution in [0.3, 0.4) is 0 Å². The van der Waals surface area contributed by atoms with Gasteiger partial charge in [-0.1, -0.05) is 42.5 Å². The molecule has 3 aromatic rings. The highest BCUT2D eigenvalue weighted by Crippen LogP contribution is 2.25. The number of nitrogens with one attached hydrogen (secondary N) is 1. The maximum absolute atomic E-state index is 13.2. The second kappa shape index (κ2) is 9.79. The van der Waals surface area contributed by atoms with Crippen LogP contribution in [-0.4, -0.2) is 37.2 Å². The van der Waals surface area contributed by atoms with E-state index in [-0.39, 0.29) is 17.0 Å². The summed E-state index contributed by atoms with van der Waals surface area (Å²) in [6, 6.07) is 20.8. The summed E-state index contributed by atoms with van der Waals surface area (Å²) in [5.41, 5.74) is 3.76. The molecule has 0 aliphatic carbocycles. The lowest BCUT2D eigenvalue weighted by Crippen LogP contribution is -2.36. The number of fused-ring (bicyclic) bond motifs is 1. The minimum Gasteiger partial charge on any atom is -0.449 e. The number of carbonyl (C=O) groups excluding carboxylic acids is 2. The van der Waals surface area contributed by atoms with Gasteiger partial charge in [0.25, 0.3) is 5.91 Å². The molecule has 176 valence electrons. The van der Waals surface area contributed by atoms with E-state index in [1.54, 1.807) is 12.1 Å². The molecule has 0 fully saturated rings. The molecule has 7 nitrogen and oxygen atoms in total. The zero-order valence-corrected chi connectivity index (χ0v) is 19.8. The number of hydrogen-bond acceptors (Lipinski definition) is 5. The lowest BCUT2D eigenvalue weighted by Gasteiger charge is -2.28. The monoisotopic (exact) mass is 478 g/mol. The Kier molecular flexibility index (Phi) is 6.81. The fourth-order valence-corrected chi connectivity index (χ4v) is 5.32. The number of anilines is 1. The smallest absolute Gasteiger partial charge is 0.338 e. The molecule has 1 aliphatic heterocycles. The summed E-state index contributed by atoms with van der Waals surface area (Å²) < 4.78 is 33.2. The van der Waals surface area contributed by atoms with Gasteiger partial charge in [0.15, 0.2) is 6.10 Å². The SMILES string of the molecule is Cc1cccc(NC(=O)C(C)OC(=O)c2cccc(S(=O)(=O)N3CCc4ccccc4C3)c2)c1. The molecule has 0 radical (unpaired) electrons. The van der Waals surface area contributed by atoms with Crippen molar-refractivity contribution in [3.63, 3.8) is 0 Å². The predicted octanol–water partition coefficient (Wildman–Crippen LogP) is 3.93. The molecule has 0 aromatic heterocycles. The molecule has 0 saturated carbocycles. The van der Waals surface area contributed by atoms with Gasteiger partial charge in [0, 0.05) is 18.8 Å². The van der Waals surface area contributed by atoms with Crippen LogP contribution < -0.4 is 5.32 Å². The van der Waals surface area contributed by atoms with Crippen molar-refractivity contribution < 1.29 is 22.7 Å². The average Bonchev–Trinajstić information content (AvgIpc) is 2.83. The Morgan fingerprint density at radius 1 is 0.971 bits per heavy atom. The van der Waals surface area contributed by atoms with Crippen molar-refractivity contribution in [2.45, 2.75) is 37.8 Å². The van der Waals surface area contributed by atoms with Crippen molar-refractivity contribution in [1.29, 1.82) is 0 Å². The van der Waals surface area contributed by atoms with Crippen LogP contribution in [0.4, 0.5) is 5.69 Å². The minimum atomic E-state index is -3.80. The molecule has 3 aromatic carbocycles. The second-order valence-corrected chi connectivity index (χ2v) is 10.2. The molecule has 0 saturated heterocycles.